The van der Waals surface area contributed by atoms with Gasteiger partial charge in [-0.15, -0.1) is 0 Å². The van der Waals surface area contributed by atoms with Crippen molar-refractivity contribution in [2.24, 2.45) is 0 Å². The second-order valence-corrected chi connectivity index (χ2v) is 4.56. The van der Waals surface area contributed by atoms with Crippen LogP contribution < -0.4 is 15.5 Å². The molecule has 3 amide bonds. The number of rotatable bonds is 4. The molecule has 0 bridgehead atoms. The Kier molecular flexibility index (Phi) is 4.34. The van der Waals surface area contributed by atoms with Crippen LogP contribution in [0.1, 0.15) is 23.2 Å². The van der Waals surface area contributed by atoms with Crippen molar-refractivity contribution < 1.29 is 14.4 Å². The summed E-state index contributed by atoms with van der Waals surface area (Å²) in [7, 11) is 1.51. The summed E-state index contributed by atoms with van der Waals surface area (Å²) in [5.74, 6) is -0.515. The molecule has 0 aromatic heterocycles. The summed E-state index contributed by atoms with van der Waals surface area (Å²) in [6.45, 7) is 0.615. The maximum absolute atomic E-state index is 11.9. The smallest absolute Gasteiger partial charge is 0.251 e. The molecule has 1 aliphatic heterocycles. The lowest BCUT2D eigenvalue weighted by atomic mass is 10.1. The molecule has 0 spiro atoms. The van der Waals surface area contributed by atoms with E-state index in [0.717, 1.165) is 12.1 Å². The van der Waals surface area contributed by atoms with E-state index in [4.69, 9.17) is 0 Å². The highest BCUT2D eigenvalue weighted by Gasteiger charge is 2.22. The van der Waals surface area contributed by atoms with Crippen LogP contribution in [0.4, 0.5) is 5.69 Å². The van der Waals surface area contributed by atoms with Gasteiger partial charge in [0.05, 0.1) is 6.54 Å². The average Bonchev–Trinajstić information content (AvgIpc) is 2.90. The van der Waals surface area contributed by atoms with E-state index in [1.807, 2.05) is 0 Å². The molecule has 20 heavy (non-hydrogen) atoms. The minimum atomic E-state index is -0.331. The van der Waals surface area contributed by atoms with Crippen molar-refractivity contribution in [3.05, 3.63) is 29.8 Å². The molecule has 106 valence electrons. The fraction of sp³-hybridized carbons (Fsp3) is 0.357. The van der Waals surface area contributed by atoms with Gasteiger partial charge in [0, 0.05) is 31.3 Å². The molecule has 0 saturated carbocycles. The van der Waals surface area contributed by atoms with Gasteiger partial charge in [-0.2, -0.15) is 0 Å². The quantitative estimate of drug-likeness (QED) is 0.829. The molecule has 2 N–H and O–H groups in total. The molecule has 1 aromatic rings. The van der Waals surface area contributed by atoms with Crippen LogP contribution in [0, 0.1) is 0 Å². The summed E-state index contributed by atoms with van der Waals surface area (Å²) in [6.07, 6.45) is 1.39. The van der Waals surface area contributed by atoms with Gasteiger partial charge in [0.2, 0.25) is 11.8 Å². The van der Waals surface area contributed by atoms with Crippen LogP contribution in [0.2, 0.25) is 0 Å². The highest BCUT2D eigenvalue weighted by molar-refractivity contribution is 6.00. The molecule has 1 aliphatic rings. The van der Waals surface area contributed by atoms with E-state index in [1.165, 1.54) is 7.05 Å². The van der Waals surface area contributed by atoms with Gasteiger partial charge in [-0.1, -0.05) is 6.07 Å². The number of carbonyl (C=O) groups excluding carboxylic acids is 3. The standard InChI is InChI=1S/C14H17N3O3/c1-15-12(18)9-16-14(20)10-4-2-5-11(8-10)17-7-3-6-13(17)19/h2,4-5,8H,3,6-7,9H2,1H3,(H,15,18)(H,16,20). The number of amides is 3. The number of anilines is 1. The van der Waals surface area contributed by atoms with E-state index in [1.54, 1.807) is 29.2 Å². The van der Waals surface area contributed by atoms with E-state index >= 15 is 0 Å². The molecular weight excluding hydrogens is 258 g/mol. The monoisotopic (exact) mass is 275 g/mol. The first-order chi connectivity index (χ1) is 9.61. The number of nitrogens with one attached hydrogen (secondary N) is 2. The van der Waals surface area contributed by atoms with Crippen LogP contribution in [0.25, 0.3) is 0 Å². The number of benzene rings is 1. The van der Waals surface area contributed by atoms with E-state index in [-0.39, 0.29) is 24.3 Å². The zero-order valence-electron chi connectivity index (χ0n) is 11.3. The number of hydrogen-bond donors (Lipinski definition) is 2. The van der Waals surface area contributed by atoms with Crippen LogP contribution in [-0.2, 0) is 9.59 Å². The summed E-state index contributed by atoms with van der Waals surface area (Å²) in [5, 5.41) is 4.95. The Morgan fingerprint density at radius 2 is 2.15 bits per heavy atom. The third-order valence-corrected chi connectivity index (χ3v) is 3.18. The van der Waals surface area contributed by atoms with Crippen LogP contribution in [0.15, 0.2) is 24.3 Å². The van der Waals surface area contributed by atoms with Gasteiger partial charge in [-0.25, -0.2) is 0 Å². The Morgan fingerprint density at radius 3 is 2.80 bits per heavy atom. The molecule has 6 nitrogen and oxygen atoms in total. The van der Waals surface area contributed by atoms with Gasteiger partial charge in [-0.05, 0) is 24.6 Å². The minimum absolute atomic E-state index is 0.0673. The molecule has 0 atom stereocenters. The largest absolute Gasteiger partial charge is 0.358 e. The molecule has 1 saturated heterocycles. The van der Waals surface area contributed by atoms with E-state index in [0.29, 0.717) is 18.5 Å². The Morgan fingerprint density at radius 1 is 1.35 bits per heavy atom. The first-order valence-electron chi connectivity index (χ1n) is 6.51. The van der Waals surface area contributed by atoms with Gasteiger partial charge in [-0.3, -0.25) is 14.4 Å². The molecule has 1 fully saturated rings. The number of carbonyl (C=O) groups is 3. The Bertz CT molecular complexity index is 542. The number of hydrogen-bond acceptors (Lipinski definition) is 3. The van der Waals surface area contributed by atoms with Gasteiger partial charge >= 0.3 is 0 Å². The zero-order valence-corrected chi connectivity index (χ0v) is 11.3. The molecular formula is C14H17N3O3. The third-order valence-electron chi connectivity index (χ3n) is 3.18. The second-order valence-electron chi connectivity index (χ2n) is 4.56. The van der Waals surface area contributed by atoms with Crippen molar-refractivity contribution in [2.45, 2.75) is 12.8 Å². The highest BCUT2D eigenvalue weighted by Crippen LogP contribution is 2.22. The normalized spacial score (nSPS) is 14.2. The van der Waals surface area contributed by atoms with Crippen molar-refractivity contribution in [1.82, 2.24) is 10.6 Å². The first kappa shape index (κ1) is 14.0. The van der Waals surface area contributed by atoms with Gasteiger partial charge in [0.1, 0.15) is 0 Å². The van der Waals surface area contributed by atoms with Crippen LogP contribution >= 0.6 is 0 Å². The Labute approximate surface area is 117 Å². The molecule has 2 rings (SSSR count). The number of nitrogens with zero attached hydrogens (tertiary/aromatic N) is 1. The molecule has 1 heterocycles. The summed E-state index contributed by atoms with van der Waals surface area (Å²) >= 11 is 0. The predicted octanol–water partition coefficient (Wildman–Crippen LogP) is 0.289. The van der Waals surface area contributed by atoms with Crippen molar-refractivity contribution in [3.8, 4) is 0 Å². The van der Waals surface area contributed by atoms with Crippen molar-refractivity contribution >= 4 is 23.4 Å². The lowest BCUT2D eigenvalue weighted by molar-refractivity contribution is -0.119. The SMILES string of the molecule is CNC(=O)CNC(=O)c1cccc(N2CCCC2=O)c1. The van der Waals surface area contributed by atoms with Crippen LogP contribution in [0.3, 0.4) is 0 Å². The van der Waals surface area contributed by atoms with Gasteiger partial charge < -0.3 is 15.5 Å². The maximum Gasteiger partial charge on any atom is 0.251 e. The molecule has 0 unspecified atom stereocenters. The van der Waals surface area contributed by atoms with Gasteiger partial charge in [0.15, 0.2) is 0 Å². The molecule has 0 aliphatic carbocycles. The first-order valence-corrected chi connectivity index (χ1v) is 6.51. The lowest BCUT2D eigenvalue weighted by Crippen LogP contribution is -2.35. The molecule has 6 heteroatoms. The van der Waals surface area contributed by atoms with Crippen molar-refractivity contribution in [2.75, 3.05) is 25.0 Å². The average molecular weight is 275 g/mol. The maximum atomic E-state index is 11.9. The molecule has 0 radical (unpaired) electrons. The lowest BCUT2D eigenvalue weighted by Gasteiger charge is -2.16. The van der Waals surface area contributed by atoms with E-state index in [2.05, 4.69) is 10.6 Å². The predicted molar refractivity (Wildman–Crippen MR) is 74.4 cm³/mol. The number of likely N-dealkylation sites (N-methyl/N-ethyl adjacent to an activating group) is 1. The Hall–Kier alpha value is -2.37. The summed E-state index contributed by atoms with van der Waals surface area (Å²) in [5.41, 5.74) is 1.16. The highest BCUT2D eigenvalue weighted by atomic mass is 16.2. The van der Waals surface area contributed by atoms with Gasteiger partial charge in [0.25, 0.3) is 5.91 Å². The Balaban J connectivity index is 2.07. The molecule has 1 aromatic carbocycles. The van der Waals surface area contributed by atoms with E-state index < -0.39 is 0 Å². The minimum Gasteiger partial charge on any atom is -0.358 e. The fourth-order valence-corrected chi connectivity index (χ4v) is 2.09. The summed E-state index contributed by atoms with van der Waals surface area (Å²) < 4.78 is 0. The summed E-state index contributed by atoms with van der Waals surface area (Å²) in [4.78, 5) is 36.4. The topological polar surface area (TPSA) is 78.5 Å². The van der Waals surface area contributed by atoms with E-state index in [9.17, 15) is 14.4 Å². The fourth-order valence-electron chi connectivity index (χ4n) is 2.09. The second kappa shape index (κ2) is 6.18. The van der Waals surface area contributed by atoms with Crippen LogP contribution in [-0.4, -0.2) is 37.9 Å². The third kappa shape index (κ3) is 3.14. The summed E-state index contributed by atoms with van der Waals surface area (Å²) in [6, 6.07) is 6.86. The van der Waals surface area contributed by atoms with Crippen molar-refractivity contribution in [1.29, 1.82) is 0 Å². The van der Waals surface area contributed by atoms with Crippen LogP contribution in [0.5, 0.6) is 0 Å². The van der Waals surface area contributed by atoms with Crippen molar-refractivity contribution in [3.63, 3.8) is 0 Å². The zero-order chi connectivity index (χ0) is 14.5.